The summed E-state index contributed by atoms with van der Waals surface area (Å²) < 4.78 is 4.81. The molecule has 0 unspecified atom stereocenters. The van der Waals surface area contributed by atoms with E-state index in [0.29, 0.717) is 15.4 Å². The van der Waals surface area contributed by atoms with Crippen LogP contribution in [0.4, 0.5) is 5.00 Å². The summed E-state index contributed by atoms with van der Waals surface area (Å²) in [6, 6.07) is 0. The molecule has 0 atom stereocenters. The van der Waals surface area contributed by atoms with Gasteiger partial charge in [-0.1, -0.05) is 13.8 Å². The van der Waals surface area contributed by atoms with Gasteiger partial charge in [0.2, 0.25) is 5.91 Å². The van der Waals surface area contributed by atoms with Crippen molar-refractivity contribution in [1.29, 1.82) is 0 Å². The molecule has 1 aromatic rings. The van der Waals surface area contributed by atoms with Gasteiger partial charge in [0.05, 0.1) is 17.6 Å². The highest BCUT2D eigenvalue weighted by molar-refractivity contribution is 7.18. The third-order valence-corrected chi connectivity index (χ3v) is 5.08. The van der Waals surface area contributed by atoms with Crippen LogP contribution in [0.3, 0.4) is 0 Å². The number of carbonyl (C=O) groups excluding carboxylic acids is 3. The number of thiophene rings is 1. The number of rotatable bonds is 4. The maximum absolute atomic E-state index is 12.6. The number of likely N-dealkylation sites (tertiary alicyclic amines) is 1. The van der Waals surface area contributed by atoms with E-state index < -0.39 is 5.97 Å². The summed E-state index contributed by atoms with van der Waals surface area (Å²) in [6.07, 6.45) is 1.99. The predicted molar refractivity (Wildman–Crippen MR) is 89.0 cm³/mol. The van der Waals surface area contributed by atoms with Crippen LogP contribution < -0.4 is 5.32 Å². The summed E-state index contributed by atoms with van der Waals surface area (Å²) in [4.78, 5) is 39.0. The fourth-order valence-electron chi connectivity index (χ4n) is 2.47. The van der Waals surface area contributed by atoms with Crippen molar-refractivity contribution in [3.05, 3.63) is 16.0 Å². The van der Waals surface area contributed by atoms with Crippen LogP contribution in [0.5, 0.6) is 0 Å². The fourth-order valence-corrected chi connectivity index (χ4v) is 3.64. The van der Waals surface area contributed by atoms with Gasteiger partial charge in [-0.15, -0.1) is 11.3 Å². The van der Waals surface area contributed by atoms with Gasteiger partial charge in [0.25, 0.3) is 5.91 Å². The minimum absolute atomic E-state index is 0.0831. The van der Waals surface area contributed by atoms with Gasteiger partial charge in [-0.05, 0) is 25.3 Å². The van der Waals surface area contributed by atoms with Crippen molar-refractivity contribution in [3.8, 4) is 0 Å². The smallest absolute Gasteiger partial charge is 0.341 e. The van der Waals surface area contributed by atoms with Crippen LogP contribution in [0.2, 0.25) is 0 Å². The van der Waals surface area contributed by atoms with Crippen LogP contribution in [0, 0.1) is 12.8 Å². The van der Waals surface area contributed by atoms with Gasteiger partial charge in [-0.2, -0.15) is 0 Å². The number of amides is 2. The number of ether oxygens (including phenoxy) is 1. The second-order valence-corrected chi connectivity index (χ2v) is 6.92. The molecule has 23 heavy (non-hydrogen) atoms. The average Bonchev–Trinajstić information content (AvgIpc) is 3.14. The molecule has 0 saturated carbocycles. The molecule has 0 spiro atoms. The monoisotopic (exact) mass is 338 g/mol. The number of nitrogens with one attached hydrogen (secondary N) is 1. The Labute approximate surface area is 139 Å². The number of hydrogen-bond acceptors (Lipinski definition) is 5. The molecule has 0 bridgehead atoms. The van der Waals surface area contributed by atoms with E-state index in [-0.39, 0.29) is 23.3 Å². The second-order valence-electron chi connectivity index (χ2n) is 5.90. The Morgan fingerprint density at radius 1 is 1.22 bits per heavy atom. The lowest BCUT2D eigenvalue weighted by atomic mass is 10.1. The molecule has 2 rings (SSSR count). The maximum Gasteiger partial charge on any atom is 0.341 e. The first-order valence-corrected chi connectivity index (χ1v) is 8.50. The highest BCUT2D eigenvalue weighted by Gasteiger charge is 2.29. The Hall–Kier alpha value is -1.89. The molecule has 126 valence electrons. The molecule has 2 heterocycles. The van der Waals surface area contributed by atoms with E-state index in [1.165, 1.54) is 7.11 Å². The van der Waals surface area contributed by atoms with E-state index in [9.17, 15) is 14.4 Å². The lowest BCUT2D eigenvalue weighted by Gasteiger charge is -2.14. The largest absolute Gasteiger partial charge is 0.465 e. The Morgan fingerprint density at radius 2 is 1.83 bits per heavy atom. The van der Waals surface area contributed by atoms with Crippen LogP contribution in [-0.4, -0.2) is 42.9 Å². The third kappa shape index (κ3) is 3.55. The molecule has 1 N–H and O–H groups in total. The van der Waals surface area contributed by atoms with Crippen LogP contribution in [-0.2, 0) is 9.53 Å². The lowest BCUT2D eigenvalue weighted by molar-refractivity contribution is -0.118. The van der Waals surface area contributed by atoms with E-state index in [1.807, 2.05) is 0 Å². The standard InChI is InChI=1S/C16H22N2O4S/c1-9(2)13(19)17-14-11(16(21)22-4)10(3)12(23-14)15(20)18-7-5-6-8-18/h9H,5-8H2,1-4H3,(H,17,19). The SMILES string of the molecule is COC(=O)c1c(NC(=O)C(C)C)sc(C(=O)N2CCCC2)c1C. The number of anilines is 1. The zero-order valence-electron chi connectivity index (χ0n) is 13.9. The Balaban J connectivity index is 2.40. The van der Waals surface area contributed by atoms with Gasteiger partial charge in [0.15, 0.2) is 0 Å². The van der Waals surface area contributed by atoms with Crippen molar-refractivity contribution in [2.75, 3.05) is 25.5 Å². The summed E-state index contributed by atoms with van der Waals surface area (Å²) in [5.74, 6) is -1.05. The molecule has 0 aromatic carbocycles. The number of methoxy groups -OCH3 is 1. The molecular formula is C16H22N2O4S. The van der Waals surface area contributed by atoms with Crippen molar-refractivity contribution >= 4 is 34.1 Å². The lowest BCUT2D eigenvalue weighted by Crippen LogP contribution is -2.27. The molecule has 1 aliphatic rings. The minimum Gasteiger partial charge on any atom is -0.465 e. The zero-order valence-corrected chi connectivity index (χ0v) is 14.7. The first-order chi connectivity index (χ1) is 10.9. The van der Waals surface area contributed by atoms with Crippen LogP contribution in [0.1, 0.15) is 52.3 Å². The molecule has 1 aliphatic heterocycles. The Kier molecular flexibility index (Phi) is 5.41. The maximum atomic E-state index is 12.6. The van der Waals surface area contributed by atoms with E-state index in [2.05, 4.69) is 5.32 Å². The van der Waals surface area contributed by atoms with E-state index in [1.54, 1.807) is 25.7 Å². The van der Waals surface area contributed by atoms with Gasteiger partial charge >= 0.3 is 5.97 Å². The van der Waals surface area contributed by atoms with Crippen molar-refractivity contribution in [2.24, 2.45) is 5.92 Å². The van der Waals surface area contributed by atoms with Crippen molar-refractivity contribution in [3.63, 3.8) is 0 Å². The highest BCUT2D eigenvalue weighted by atomic mass is 32.1. The minimum atomic E-state index is -0.543. The Morgan fingerprint density at radius 3 is 2.35 bits per heavy atom. The number of esters is 1. The number of nitrogens with zero attached hydrogens (tertiary/aromatic N) is 1. The molecule has 6 nitrogen and oxygen atoms in total. The molecule has 2 amide bonds. The van der Waals surface area contributed by atoms with Gasteiger partial charge in [0.1, 0.15) is 5.00 Å². The normalized spacial score (nSPS) is 14.2. The second kappa shape index (κ2) is 7.12. The Bertz CT molecular complexity index is 630. The molecule has 7 heteroatoms. The van der Waals surface area contributed by atoms with Crippen LogP contribution in [0.15, 0.2) is 0 Å². The summed E-state index contributed by atoms with van der Waals surface area (Å²) in [7, 11) is 1.29. The summed E-state index contributed by atoms with van der Waals surface area (Å²) in [5, 5.41) is 3.12. The first kappa shape index (κ1) is 17.5. The van der Waals surface area contributed by atoms with Crippen LogP contribution >= 0.6 is 11.3 Å². The molecular weight excluding hydrogens is 316 g/mol. The van der Waals surface area contributed by atoms with Gasteiger partial charge in [0, 0.05) is 19.0 Å². The van der Waals surface area contributed by atoms with Crippen LogP contribution in [0.25, 0.3) is 0 Å². The summed E-state index contributed by atoms with van der Waals surface area (Å²) in [5.41, 5.74) is 0.840. The summed E-state index contributed by atoms with van der Waals surface area (Å²) in [6.45, 7) is 6.72. The topological polar surface area (TPSA) is 75.7 Å². The highest BCUT2D eigenvalue weighted by Crippen LogP contribution is 2.35. The van der Waals surface area contributed by atoms with E-state index in [0.717, 1.165) is 37.3 Å². The van der Waals surface area contributed by atoms with Crippen molar-refractivity contribution in [1.82, 2.24) is 4.90 Å². The molecule has 0 radical (unpaired) electrons. The first-order valence-electron chi connectivity index (χ1n) is 7.68. The van der Waals surface area contributed by atoms with E-state index >= 15 is 0 Å². The van der Waals surface area contributed by atoms with Gasteiger partial charge in [-0.25, -0.2) is 4.79 Å². The molecule has 1 saturated heterocycles. The van der Waals surface area contributed by atoms with Crippen molar-refractivity contribution < 1.29 is 19.1 Å². The zero-order chi connectivity index (χ0) is 17.1. The average molecular weight is 338 g/mol. The molecule has 1 fully saturated rings. The quantitative estimate of drug-likeness (QED) is 0.857. The van der Waals surface area contributed by atoms with E-state index in [4.69, 9.17) is 4.74 Å². The van der Waals surface area contributed by atoms with Gasteiger partial charge < -0.3 is 15.0 Å². The predicted octanol–water partition coefficient (Wildman–Crippen LogP) is 2.67. The number of hydrogen-bond donors (Lipinski definition) is 1. The number of carbonyl (C=O) groups is 3. The summed E-state index contributed by atoms with van der Waals surface area (Å²) >= 11 is 1.15. The molecule has 1 aromatic heterocycles. The third-order valence-electron chi connectivity index (χ3n) is 3.88. The molecule has 0 aliphatic carbocycles. The van der Waals surface area contributed by atoms with Gasteiger partial charge in [-0.3, -0.25) is 9.59 Å². The fraction of sp³-hybridized carbons (Fsp3) is 0.562. The van der Waals surface area contributed by atoms with Crippen molar-refractivity contribution in [2.45, 2.75) is 33.6 Å².